The highest BCUT2D eigenvalue weighted by atomic mass is 32.2. The molecule has 27 heavy (non-hydrogen) atoms. The lowest BCUT2D eigenvalue weighted by Gasteiger charge is -2.32. The van der Waals surface area contributed by atoms with Gasteiger partial charge in [0.2, 0.25) is 15.9 Å². The number of ether oxygens (including phenoxy) is 1. The Bertz CT molecular complexity index is 741. The highest BCUT2D eigenvalue weighted by Crippen LogP contribution is 2.19. The first-order valence-corrected chi connectivity index (χ1v) is 10.4. The number of carbonyl (C=O) groups excluding carboxylic acids is 2. The number of amides is 2. The molecule has 1 fully saturated rings. The molecule has 0 spiro atoms. The highest BCUT2D eigenvalue weighted by Gasteiger charge is 2.24. The Morgan fingerprint density at radius 2 is 1.81 bits per heavy atom. The first-order chi connectivity index (χ1) is 12.8. The van der Waals surface area contributed by atoms with E-state index >= 15 is 0 Å². The zero-order valence-electron chi connectivity index (χ0n) is 15.7. The van der Waals surface area contributed by atoms with Crippen molar-refractivity contribution in [3.05, 3.63) is 29.8 Å². The summed E-state index contributed by atoms with van der Waals surface area (Å²) < 4.78 is 31.5. The van der Waals surface area contributed by atoms with E-state index in [-0.39, 0.29) is 29.9 Å². The number of likely N-dealkylation sites (tertiary alicyclic amines) is 1. The molecule has 1 aliphatic rings. The van der Waals surface area contributed by atoms with Gasteiger partial charge in [-0.1, -0.05) is 0 Å². The number of hydrogen-bond donors (Lipinski definition) is 2. The lowest BCUT2D eigenvalue weighted by molar-refractivity contribution is -0.119. The molecule has 0 saturated carbocycles. The Kier molecular flexibility index (Phi) is 7.76. The molecule has 1 heterocycles. The average Bonchev–Trinajstić information content (AvgIpc) is 2.66. The van der Waals surface area contributed by atoms with Gasteiger partial charge in [-0.15, -0.1) is 0 Å². The van der Waals surface area contributed by atoms with Crippen molar-refractivity contribution < 1.29 is 22.7 Å². The molecule has 2 amide bonds. The van der Waals surface area contributed by atoms with Gasteiger partial charge < -0.3 is 15.0 Å². The minimum Gasteiger partial charge on any atom is -0.383 e. The van der Waals surface area contributed by atoms with Crippen LogP contribution in [0.5, 0.6) is 0 Å². The van der Waals surface area contributed by atoms with Crippen LogP contribution >= 0.6 is 0 Å². The molecule has 0 aliphatic carbocycles. The quantitative estimate of drug-likeness (QED) is 0.625. The van der Waals surface area contributed by atoms with Gasteiger partial charge in [-0.2, -0.15) is 0 Å². The molecule has 0 aromatic heterocycles. The van der Waals surface area contributed by atoms with Crippen LogP contribution in [0.15, 0.2) is 29.2 Å². The Morgan fingerprint density at radius 1 is 1.19 bits per heavy atom. The van der Waals surface area contributed by atoms with Crippen molar-refractivity contribution in [3.63, 3.8) is 0 Å². The summed E-state index contributed by atoms with van der Waals surface area (Å²) in [6.45, 7) is 3.86. The number of methoxy groups -OCH3 is 1. The van der Waals surface area contributed by atoms with E-state index < -0.39 is 10.0 Å². The van der Waals surface area contributed by atoms with E-state index in [0.717, 1.165) is 12.8 Å². The molecule has 8 nitrogen and oxygen atoms in total. The van der Waals surface area contributed by atoms with Gasteiger partial charge in [0, 0.05) is 45.8 Å². The maximum atomic E-state index is 12.6. The fraction of sp³-hybridized carbons (Fsp3) is 0.556. The number of sulfonamides is 1. The third kappa shape index (κ3) is 6.30. The largest absolute Gasteiger partial charge is 0.383 e. The fourth-order valence-corrected chi connectivity index (χ4v) is 3.96. The van der Waals surface area contributed by atoms with E-state index in [1.807, 2.05) is 0 Å². The lowest BCUT2D eigenvalue weighted by atomic mass is 9.96. The molecular formula is C18H27N3O5S. The van der Waals surface area contributed by atoms with Gasteiger partial charge in [0.05, 0.1) is 11.5 Å². The molecule has 1 aliphatic heterocycles. The Hall–Kier alpha value is -1.97. The monoisotopic (exact) mass is 397 g/mol. The van der Waals surface area contributed by atoms with Crippen LogP contribution in [0.25, 0.3) is 0 Å². The summed E-state index contributed by atoms with van der Waals surface area (Å²) in [5.74, 6) is 0.230. The zero-order valence-corrected chi connectivity index (χ0v) is 16.5. The number of rotatable bonds is 8. The third-order valence-corrected chi connectivity index (χ3v) is 6.03. The number of piperidine rings is 1. The minimum absolute atomic E-state index is 0.0414. The minimum atomic E-state index is -3.61. The summed E-state index contributed by atoms with van der Waals surface area (Å²) in [5, 5.41) is 2.82. The lowest BCUT2D eigenvalue weighted by Crippen LogP contribution is -2.41. The molecule has 0 atom stereocenters. The smallest absolute Gasteiger partial charge is 0.253 e. The molecule has 0 unspecified atom stereocenters. The van der Waals surface area contributed by atoms with Crippen LogP contribution in [0.3, 0.4) is 0 Å². The fourth-order valence-electron chi connectivity index (χ4n) is 2.95. The van der Waals surface area contributed by atoms with Crippen LogP contribution in [-0.4, -0.2) is 65.0 Å². The van der Waals surface area contributed by atoms with E-state index in [4.69, 9.17) is 4.74 Å². The number of hydrogen-bond acceptors (Lipinski definition) is 5. The van der Waals surface area contributed by atoms with Gasteiger partial charge in [-0.25, -0.2) is 13.1 Å². The molecule has 9 heteroatoms. The first kappa shape index (κ1) is 21.3. The van der Waals surface area contributed by atoms with Crippen LogP contribution in [-0.2, 0) is 19.6 Å². The van der Waals surface area contributed by atoms with Crippen LogP contribution in [0.1, 0.15) is 30.1 Å². The van der Waals surface area contributed by atoms with Gasteiger partial charge in [-0.3, -0.25) is 9.59 Å². The van der Waals surface area contributed by atoms with Gasteiger partial charge in [0.25, 0.3) is 5.91 Å². The predicted octanol–water partition coefficient (Wildman–Crippen LogP) is 0.600. The summed E-state index contributed by atoms with van der Waals surface area (Å²) in [7, 11) is -2.11. The van der Waals surface area contributed by atoms with Crippen molar-refractivity contribution >= 4 is 21.8 Å². The second-order valence-electron chi connectivity index (χ2n) is 6.59. The third-order valence-electron chi connectivity index (χ3n) is 4.55. The van der Waals surface area contributed by atoms with Crippen molar-refractivity contribution in [2.24, 2.45) is 5.92 Å². The summed E-state index contributed by atoms with van der Waals surface area (Å²) in [5.41, 5.74) is 0.464. The molecule has 2 N–H and O–H groups in total. The van der Waals surface area contributed by atoms with Gasteiger partial charge in [-0.05, 0) is 43.0 Å². The summed E-state index contributed by atoms with van der Waals surface area (Å²) >= 11 is 0. The maximum absolute atomic E-state index is 12.6. The normalized spacial score (nSPS) is 15.6. The van der Waals surface area contributed by atoms with Crippen LogP contribution in [0.4, 0.5) is 0 Å². The Morgan fingerprint density at radius 3 is 2.37 bits per heavy atom. The molecule has 1 aromatic rings. The van der Waals surface area contributed by atoms with Crippen molar-refractivity contribution in [1.29, 1.82) is 0 Å². The Labute approximate surface area is 160 Å². The van der Waals surface area contributed by atoms with Crippen LogP contribution in [0.2, 0.25) is 0 Å². The maximum Gasteiger partial charge on any atom is 0.253 e. The summed E-state index contributed by atoms with van der Waals surface area (Å²) in [6, 6.07) is 5.95. The van der Waals surface area contributed by atoms with Crippen molar-refractivity contribution in [3.8, 4) is 0 Å². The number of carbonyl (C=O) groups is 2. The van der Waals surface area contributed by atoms with Crippen LogP contribution in [0, 0.1) is 5.92 Å². The summed E-state index contributed by atoms with van der Waals surface area (Å²) in [6.07, 6.45) is 1.67. The number of benzene rings is 1. The van der Waals surface area contributed by atoms with Crippen molar-refractivity contribution in [1.82, 2.24) is 14.9 Å². The molecule has 1 aromatic carbocycles. The zero-order chi connectivity index (χ0) is 19.9. The van der Waals surface area contributed by atoms with E-state index in [1.54, 1.807) is 4.90 Å². The second kappa shape index (κ2) is 9.82. The molecule has 0 radical (unpaired) electrons. The molecule has 1 saturated heterocycles. The molecule has 0 bridgehead atoms. The van der Waals surface area contributed by atoms with Crippen LogP contribution < -0.4 is 10.0 Å². The van der Waals surface area contributed by atoms with Gasteiger partial charge >= 0.3 is 0 Å². The van der Waals surface area contributed by atoms with E-state index in [1.165, 1.54) is 38.3 Å². The topological polar surface area (TPSA) is 105 Å². The Balaban J connectivity index is 1.91. The SMILES string of the molecule is COCCNS(=O)(=O)c1ccc(C(=O)N2CCC(CNC(C)=O)CC2)cc1. The number of nitrogens with zero attached hydrogens (tertiary/aromatic N) is 1. The second-order valence-corrected chi connectivity index (χ2v) is 8.35. The van der Waals surface area contributed by atoms with Crippen molar-refractivity contribution in [2.75, 3.05) is 39.9 Å². The highest BCUT2D eigenvalue weighted by molar-refractivity contribution is 7.89. The first-order valence-electron chi connectivity index (χ1n) is 8.96. The van der Waals surface area contributed by atoms with E-state index in [0.29, 0.717) is 31.1 Å². The molecule has 150 valence electrons. The summed E-state index contributed by atoms with van der Waals surface area (Å²) in [4.78, 5) is 25.5. The van der Waals surface area contributed by atoms with Gasteiger partial charge in [0.1, 0.15) is 0 Å². The number of nitrogens with one attached hydrogen (secondary N) is 2. The van der Waals surface area contributed by atoms with Gasteiger partial charge in [0.15, 0.2) is 0 Å². The average molecular weight is 397 g/mol. The van der Waals surface area contributed by atoms with E-state index in [9.17, 15) is 18.0 Å². The van der Waals surface area contributed by atoms with Crippen molar-refractivity contribution in [2.45, 2.75) is 24.7 Å². The predicted molar refractivity (Wildman–Crippen MR) is 101 cm³/mol. The van der Waals surface area contributed by atoms with E-state index in [2.05, 4.69) is 10.0 Å². The molecule has 2 rings (SSSR count). The standard InChI is InChI=1S/C18H27N3O5S/c1-14(22)19-13-15-7-10-21(11-8-15)18(23)16-3-5-17(6-4-16)27(24,25)20-9-12-26-2/h3-6,15,20H,7-13H2,1-2H3,(H,19,22). The molecular weight excluding hydrogens is 370 g/mol.